The highest BCUT2D eigenvalue weighted by atomic mass is 32.2. The number of nitrogens with two attached hydrogens (primary N) is 1. The zero-order valence-corrected chi connectivity index (χ0v) is 13.0. The van der Waals surface area contributed by atoms with Crippen molar-refractivity contribution in [1.29, 1.82) is 0 Å². The largest absolute Gasteiger partial charge is 0.340 e. The Morgan fingerprint density at radius 2 is 1.71 bits per heavy atom. The van der Waals surface area contributed by atoms with Crippen molar-refractivity contribution < 1.29 is 13.2 Å². The van der Waals surface area contributed by atoms with Gasteiger partial charge in [0.1, 0.15) is 0 Å². The van der Waals surface area contributed by atoms with Gasteiger partial charge in [0.05, 0.1) is 4.90 Å². The molecule has 2 rings (SSSR count). The molecule has 116 valence electrons. The number of piperazine rings is 1. The van der Waals surface area contributed by atoms with Crippen LogP contribution in [0.2, 0.25) is 0 Å². The Morgan fingerprint density at radius 1 is 1.14 bits per heavy atom. The van der Waals surface area contributed by atoms with Crippen molar-refractivity contribution in [3.8, 4) is 0 Å². The van der Waals surface area contributed by atoms with Crippen LogP contribution in [0, 0.1) is 0 Å². The van der Waals surface area contributed by atoms with E-state index in [0.29, 0.717) is 37.6 Å². The number of rotatable bonds is 4. The van der Waals surface area contributed by atoms with E-state index in [2.05, 4.69) is 0 Å². The second kappa shape index (κ2) is 6.55. The zero-order valence-electron chi connectivity index (χ0n) is 12.2. The number of carbonyl (C=O) groups excluding carboxylic acids is 1. The van der Waals surface area contributed by atoms with E-state index in [9.17, 15) is 13.2 Å². The highest BCUT2D eigenvalue weighted by Gasteiger charge is 2.28. The third-order valence-corrected chi connectivity index (χ3v) is 5.59. The van der Waals surface area contributed by atoms with Crippen molar-refractivity contribution in [2.45, 2.75) is 18.2 Å². The minimum atomic E-state index is -3.48. The first-order valence-corrected chi connectivity index (χ1v) is 8.44. The lowest BCUT2D eigenvalue weighted by Crippen LogP contribution is -2.49. The van der Waals surface area contributed by atoms with Crippen LogP contribution in [0.4, 0.5) is 0 Å². The molecule has 0 atom stereocenters. The van der Waals surface area contributed by atoms with E-state index in [0.717, 1.165) is 12.0 Å². The van der Waals surface area contributed by atoms with E-state index in [1.165, 1.54) is 11.2 Å². The summed E-state index contributed by atoms with van der Waals surface area (Å²) in [5, 5.41) is 0. The summed E-state index contributed by atoms with van der Waals surface area (Å²) in [7, 11) is -3.48. The molecule has 7 heteroatoms. The van der Waals surface area contributed by atoms with Gasteiger partial charge in [0.2, 0.25) is 15.9 Å². The molecule has 1 heterocycles. The minimum absolute atomic E-state index is 0.0156. The molecule has 0 aromatic heterocycles. The Labute approximate surface area is 125 Å². The third-order valence-electron chi connectivity index (χ3n) is 3.68. The van der Waals surface area contributed by atoms with Crippen LogP contribution in [-0.4, -0.2) is 56.3 Å². The summed E-state index contributed by atoms with van der Waals surface area (Å²) >= 11 is 0. The number of nitrogens with zero attached hydrogens (tertiary/aromatic N) is 2. The molecule has 0 bridgehead atoms. The Balaban J connectivity index is 2.10. The molecule has 0 aliphatic carbocycles. The molecular weight excluding hydrogens is 290 g/mol. The van der Waals surface area contributed by atoms with Gasteiger partial charge in [-0.2, -0.15) is 4.31 Å². The molecule has 1 aliphatic heterocycles. The lowest BCUT2D eigenvalue weighted by molar-refractivity contribution is -0.129. The van der Waals surface area contributed by atoms with Gasteiger partial charge in [-0.15, -0.1) is 0 Å². The van der Waals surface area contributed by atoms with Crippen LogP contribution in [0.1, 0.15) is 12.5 Å². The number of hydrogen-bond donors (Lipinski definition) is 1. The van der Waals surface area contributed by atoms with Crippen molar-refractivity contribution in [2.75, 3.05) is 32.7 Å². The van der Waals surface area contributed by atoms with Crippen molar-refractivity contribution >= 4 is 15.9 Å². The quantitative estimate of drug-likeness (QED) is 0.851. The van der Waals surface area contributed by atoms with E-state index >= 15 is 0 Å². The predicted octanol–water partition coefficient (Wildman–Crippen LogP) is 0.0406. The fourth-order valence-corrected chi connectivity index (χ4v) is 3.81. The van der Waals surface area contributed by atoms with Crippen LogP contribution in [-0.2, 0) is 21.2 Å². The average molecular weight is 311 g/mol. The molecule has 1 aliphatic rings. The topological polar surface area (TPSA) is 83.7 Å². The Morgan fingerprint density at radius 3 is 2.19 bits per heavy atom. The number of carbonyl (C=O) groups is 1. The van der Waals surface area contributed by atoms with Crippen molar-refractivity contribution in [3.63, 3.8) is 0 Å². The third kappa shape index (κ3) is 3.61. The normalized spacial score (nSPS) is 17.0. The molecule has 1 aromatic carbocycles. The molecule has 1 amide bonds. The van der Waals surface area contributed by atoms with Crippen molar-refractivity contribution in [1.82, 2.24) is 9.21 Å². The molecule has 0 radical (unpaired) electrons. The Kier molecular flexibility index (Phi) is 4.97. The zero-order chi connectivity index (χ0) is 15.5. The van der Waals surface area contributed by atoms with Crippen LogP contribution >= 0.6 is 0 Å². The summed E-state index contributed by atoms with van der Waals surface area (Å²) in [5.74, 6) is -0.0156. The van der Waals surface area contributed by atoms with Gasteiger partial charge in [-0.3, -0.25) is 4.79 Å². The summed E-state index contributed by atoms with van der Waals surface area (Å²) in [6.45, 7) is 3.61. The average Bonchev–Trinajstić information content (AvgIpc) is 2.48. The molecular formula is C14H21N3O3S. The SMILES string of the molecule is CC(=O)N1CCN(S(=O)(=O)c2ccc(CCN)cc2)CC1. The number of benzene rings is 1. The van der Waals surface area contributed by atoms with Crippen molar-refractivity contribution in [3.05, 3.63) is 29.8 Å². The molecule has 21 heavy (non-hydrogen) atoms. The van der Waals surface area contributed by atoms with Gasteiger partial charge in [-0.25, -0.2) is 8.42 Å². The van der Waals surface area contributed by atoms with Gasteiger partial charge < -0.3 is 10.6 Å². The lowest BCUT2D eigenvalue weighted by atomic mass is 10.2. The Hall–Kier alpha value is -1.44. The summed E-state index contributed by atoms with van der Waals surface area (Å²) in [5.41, 5.74) is 6.51. The van der Waals surface area contributed by atoms with E-state index in [4.69, 9.17) is 5.73 Å². The molecule has 1 aromatic rings. The number of amides is 1. The number of hydrogen-bond acceptors (Lipinski definition) is 4. The predicted molar refractivity (Wildman–Crippen MR) is 80.2 cm³/mol. The van der Waals surface area contributed by atoms with Gasteiger partial charge in [-0.05, 0) is 30.7 Å². The maximum atomic E-state index is 12.5. The maximum absolute atomic E-state index is 12.5. The van der Waals surface area contributed by atoms with Crippen LogP contribution in [0.5, 0.6) is 0 Å². The summed E-state index contributed by atoms with van der Waals surface area (Å²) < 4.78 is 26.5. The first-order chi connectivity index (χ1) is 9.95. The molecule has 1 fully saturated rings. The summed E-state index contributed by atoms with van der Waals surface area (Å²) in [4.78, 5) is 13.2. The van der Waals surface area contributed by atoms with Gasteiger partial charge >= 0.3 is 0 Å². The van der Waals surface area contributed by atoms with E-state index in [1.807, 2.05) is 0 Å². The first kappa shape index (κ1) is 15.9. The highest BCUT2D eigenvalue weighted by Crippen LogP contribution is 2.18. The molecule has 0 saturated carbocycles. The highest BCUT2D eigenvalue weighted by molar-refractivity contribution is 7.89. The van der Waals surface area contributed by atoms with E-state index in [-0.39, 0.29) is 5.91 Å². The van der Waals surface area contributed by atoms with E-state index < -0.39 is 10.0 Å². The van der Waals surface area contributed by atoms with Gasteiger partial charge in [0.15, 0.2) is 0 Å². The summed E-state index contributed by atoms with van der Waals surface area (Å²) in [6, 6.07) is 6.84. The molecule has 0 spiro atoms. The van der Waals surface area contributed by atoms with Gasteiger partial charge in [0.25, 0.3) is 0 Å². The molecule has 0 unspecified atom stereocenters. The molecule has 6 nitrogen and oxygen atoms in total. The Bertz CT molecular complexity index is 590. The van der Waals surface area contributed by atoms with Crippen molar-refractivity contribution in [2.24, 2.45) is 5.73 Å². The smallest absolute Gasteiger partial charge is 0.243 e. The molecule has 2 N–H and O–H groups in total. The summed E-state index contributed by atoms with van der Waals surface area (Å²) in [6.07, 6.45) is 0.734. The number of sulfonamides is 1. The van der Waals surface area contributed by atoms with Crippen LogP contribution < -0.4 is 5.73 Å². The first-order valence-electron chi connectivity index (χ1n) is 7.00. The van der Waals surface area contributed by atoms with Crippen LogP contribution in [0.3, 0.4) is 0 Å². The minimum Gasteiger partial charge on any atom is -0.340 e. The monoisotopic (exact) mass is 311 g/mol. The standard InChI is InChI=1S/C14H21N3O3S/c1-12(18)16-8-10-17(11-9-16)21(19,20)14-4-2-13(3-5-14)6-7-15/h2-5H,6-11,15H2,1H3. The molecule has 1 saturated heterocycles. The van der Waals surface area contributed by atoms with Crippen LogP contribution in [0.25, 0.3) is 0 Å². The van der Waals surface area contributed by atoms with Crippen LogP contribution in [0.15, 0.2) is 29.2 Å². The van der Waals surface area contributed by atoms with Gasteiger partial charge in [0, 0.05) is 33.1 Å². The maximum Gasteiger partial charge on any atom is 0.243 e. The second-order valence-corrected chi connectivity index (χ2v) is 7.03. The fraction of sp³-hybridized carbons (Fsp3) is 0.500. The van der Waals surface area contributed by atoms with Gasteiger partial charge in [-0.1, -0.05) is 12.1 Å². The van der Waals surface area contributed by atoms with E-state index in [1.54, 1.807) is 29.2 Å². The lowest BCUT2D eigenvalue weighted by Gasteiger charge is -2.33. The fourth-order valence-electron chi connectivity index (χ4n) is 2.39. The second-order valence-electron chi connectivity index (χ2n) is 5.09.